The molecule has 0 saturated carbocycles. The Balaban J connectivity index is 1.48. The number of carbonyl (C=O) groups is 2. The second kappa shape index (κ2) is 10.9. The highest BCUT2D eigenvalue weighted by Gasteiger charge is 2.24. The Labute approximate surface area is 199 Å². The second-order valence-electron chi connectivity index (χ2n) is 8.33. The number of aromatic nitrogens is 3. The summed E-state index contributed by atoms with van der Waals surface area (Å²) in [6, 6.07) is 14.6. The first-order valence-electron chi connectivity index (χ1n) is 11.4. The number of likely N-dealkylation sites (tertiary alicyclic amines) is 1. The average molecular weight is 463 g/mol. The first kappa shape index (κ1) is 23.4. The van der Waals surface area contributed by atoms with Gasteiger partial charge in [-0.2, -0.15) is 5.10 Å². The van der Waals surface area contributed by atoms with Gasteiger partial charge in [-0.05, 0) is 30.9 Å². The molecule has 9 heteroatoms. The third kappa shape index (κ3) is 5.79. The highest BCUT2D eigenvalue weighted by atomic mass is 16.5. The van der Waals surface area contributed by atoms with Gasteiger partial charge >= 0.3 is 0 Å². The number of pyridine rings is 1. The Morgan fingerprint density at radius 3 is 2.62 bits per heavy atom. The van der Waals surface area contributed by atoms with E-state index >= 15 is 0 Å². The van der Waals surface area contributed by atoms with Crippen LogP contribution in [-0.2, 0) is 23.1 Å². The van der Waals surface area contributed by atoms with Gasteiger partial charge in [-0.1, -0.05) is 30.3 Å². The van der Waals surface area contributed by atoms with E-state index in [1.165, 1.54) is 0 Å². The molecule has 3 heterocycles. The summed E-state index contributed by atoms with van der Waals surface area (Å²) < 4.78 is 6.81. The molecule has 3 aromatic rings. The highest BCUT2D eigenvalue weighted by molar-refractivity contribution is 5.95. The number of methoxy groups -OCH3 is 1. The van der Waals surface area contributed by atoms with Gasteiger partial charge in [0.2, 0.25) is 17.7 Å². The molecule has 0 radical (unpaired) electrons. The summed E-state index contributed by atoms with van der Waals surface area (Å²) in [5.41, 5.74) is 2.53. The fourth-order valence-electron chi connectivity index (χ4n) is 4.02. The summed E-state index contributed by atoms with van der Waals surface area (Å²) in [5, 5.41) is 10.7. The van der Waals surface area contributed by atoms with Gasteiger partial charge in [-0.15, -0.1) is 0 Å². The maximum absolute atomic E-state index is 13.3. The zero-order chi connectivity index (χ0) is 23.9. The molecule has 0 bridgehead atoms. The van der Waals surface area contributed by atoms with Crippen LogP contribution in [-0.4, -0.2) is 64.3 Å². The summed E-state index contributed by atoms with van der Waals surface area (Å²) in [6.45, 7) is 1.69. The monoisotopic (exact) mass is 462 g/mol. The van der Waals surface area contributed by atoms with E-state index in [9.17, 15) is 9.59 Å². The molecule has 1 saturated heterocycles. The minimum Gasteiger partial charge on any atom is -0.481 e. The summed E-state index contributed by atoms with van der Waals surface area (Å²) >= 11 is 0. The topological polar surface area (TPSA) is 101 Å². The lowest BCUT2D eigenvalue weighted by Gasteiger charge is -2.21. The van der Waals surface area contributed by atoms with Crippen molar-refractivity contribution in [1.82, 2.24) is 25.0 Å². The number of ether oxygens (including phenoxy) is 1. The number of carbonyl (C=O) groups excluding carboxylic acids is 2. The molecule has 1 atom stereocenters. The minimum absolute atomic E-state index is 0.0258. The molecule has 1 fully saturated rings. The summed E-state index contributed by atoms with van der Waals surface area (Å²) in [4.78, 5) is 31.8. The standard InChI is InChI=1S/C25H30N6O3/c1-30-22(16-20(29-30)19-10-11-26-23(15-19)34-2)28-25(33)21(14-18-8-4-3-5-9-18)27-17-24(32)31-12-6-7-13-31/h3-5,8-11,15-16,21,27H,6-7,12-14,17H2,1-2H3,(H,28,33)/t21-/m0/s1. The maximum Gasteiger partial charge on any atom is 0.243 e. The Morgan fingerprint density at radius 1 is 1.12 bits per heavy atom. The average Bonchev–Trinajstić information content (AvgIpc) is 3.53. The lowest BCUT2D eigenvalue weighted by molar-refractivity contribution is -0.129. The largest absolute Gasteiger partial charge is 0.481 e. The Morgan fingerprint density at radius 2 is 1.88 bits per heavy atom. The zero-order valence-electron chi connectivity index (χ0n) is 19.5. The van der Waals surface area contributed by atoms with Crippen LogP contribution in [0.4, 0.5) is 5.82 Å². The van der Waals surface area contributed by atoms with Crippen LogP contribution in [0.15, 0.2) is 54.7 Å². The van der Waals surface area contributed by atoms with Crippen molar-refractivity contribution in [2.45, 2.75) is 25.3 Å². The molecule has 1 aliphatic heterocycles. The van der Waals surface area contributed by atoms with Crippen LogP contribution in [0.25, 0.3) is 11.3 Å². The van der Waals surface area contributed by atoms with Gasteiger partial charge in [0.25, 0.3) is 0 Å². The first-order chi connectivity index (χ1) is 16.5. The molecule has 178 valence electrons. The van der Waals surface area contributed by atoms with E-state index in [2.05, 4.69) is 20.7 Å². The fraction of sp³-hybridized carbons (Fsp3) is 0.360. The van der Waals surface area contributed by atoms with Crippen LogP contribution in [0.5, 0.6) is 5.88 Å². The van der Waals surface area contributed by atoms with E-state index in [1.807, 2.05) is 47.4 Å². The van der Waals surface area contributed by atoms with Gasteiger partial charge in [0.1, 0.15) is 5.82 Å². The van der Waals surface area contributed by atoms with Gasteiger partial charge in [0.15, 0.2) is 0 Å². The molecule has 2 aromatic heterocycles. The van der Waals surface area contributed by atoms with Gasteiger partial charge in [-0.3, -0.25) is 19.6 Å². The summed E-state index contributed by atoms with van der Waals surface area (Å²) in [6.07, 6.45) is 4.18. The zero-order valence-corrected chi connectivity index (χ0v) is 19.5. The van der Waals surface area contributed by atoms with Crippen LogP contribution in [0.3, 0.4) is 0 Å². The molecular weight excluding hydrogens is 432 g/mol. The number of benzene rings is 1. The normalized spacial score (nSPS) is 14.1. The fourth-order valence-corrected chi connectivity index (χ4v) is 4.02. The van der Waals surface area contributed by atoms with Crippen LogP contribution < -0.4 is 15.4 Å². The van der Waals surface area contributed by atoms with E-state index in [0.717, 1.165) is 37.1 Å². The van der Waals surface area contributed by atoms with Crippen molar-refractivity contribution in [3.05, 3.63) is 60.3 Å². The molecule has 0 unspecified atom stereocenters. The van der Waals surface area contributed by atoms with Crippen molar-refractivity contribution >= 4 is 17.6 Å². The van der Waals surface area contributed by atoms with E-state index in [-0.39, 0.29) is 18.4 Å². The van der Waals surface area contributed by atoms with Crippen molar-refractivity contribution in [3.63, 3.8) is 0 Å². The molecule has 4 rings (SSSR count). The van der Waals surface area contributed by atoms with E-state index < -0.39 is 6.04 Å². The predicted molar refractivity (Wildman–Crippen MR) is 129 cm³/mol. The molecule has 0 spiro atoms. The third-order valence-electron chi connectivity index (χ3n) is 5.93. The number of nitrogens with one attached hydrogen (secondary N) is 2. The van der Waals surface area contributed by atoms with Crippen molar-refractivity contribution in [2.24, 2.45) is 7.05 Å². The number of hydrogen-bond donors (Lipinski definition) is 2. The first-order valence-corrected chi connectivity index (χ1v) is 11.4. The van der Waals surface area contributed by atoms with Crippen LogP contribution in [0, 0.1) is 0 Å². The van der Waals surface area contributed by atoms with Crippen molar-refractivity contribution in [2.75, 3.05) is 32.1 Å². The van der Waals surface area contributed by atoms with Crippen molar-refractivity contribution in [1.29, 1.82) is 0 Å². The number of anilines is 1. The summed E-state index contributed by atoms with van der Waals surface area (Å²) in [7, 11) is 3.33. The Bertz CT molecular complexity index is 1120. The van der Waals surface area contributed by atoms with Gasteiger partial charge in [0.05, 0.1) is 25.4 Å². The molecular formula is C25H30N6O3. The van der Waals surface area contributed by atoms with E-state index in [4.69, 9.17) is 4.74 Å². The Kier molecular flexibility index (Phi) is 7.54. The van der Waals surface area contributed by atoms with Crippen LogP contribution in [0.1, 0.15) is 18.4 Å². The lowest BCUT2D eigenvalue weighted by Crippen LogP contribution is -2.47. The predicted octanol–water partition coefficient (Wildman–Crippen LogP) is 2.25. The van der Waals surface area contributed by atoms with Crippen molar-refractivity contribution < 1.29 is 14.3 Å². The molecule has 1 aromatic carbocycles. The summed E-state index contributed by atoms with van der Waals surface area (Å²) in [5.74, 6) is 0.850. The SMILES string of the molecule is COc1cc(-c2cc(NC(=O)[C@H](Cc3ccccc3)NCC(=O)N3CCCC3)n(C)n2)ccn1. The molecule has 1 aliphatic rings. The van der Waals surface area contributed by atoms with Gasteiger partial charge < -0.3 is 15.0 Å². The lowest BCUT2D eigenvalue weighted by atomic mass is 10.1. The number of aryl methyl sites for hydroxylation is 1. The molecule has 2 amide bonds. The minimum atomic E-state index is -0.576. The van der Waals surface area contributed by atoms with E-state index in [0.29, 0.717) is 23.8 Å². The number of hydrogen-bond acceptors (Lipinski definition) is 6. The number of nitrogens with zero attached hydrogens (tertiary/aromatic N) is 4. The highest BCUT2D eigenvalue weighted by Crippen LogP contribution is 2.23. The quantitative estimate of drug-likeness (QED) is 0.506. The van der Waals surface area contributed by atoms with Gasteiger partial charge in [0, 0.05) is 44.0 Å². The number of amides is 2. The van der Waals surface area contributed by atoms with Crippen molar-refractivity contribution in [3.8, 4) is 17.1 Å². The molecule has 2 N–H and O–H groups in total. The molecule has 9 nitrogen and oxygen atoms in total. The smallest absolute Gasteiger partial charge is 0.243 e. The van der Waals surface area contributed by atoms with Gasteiger partial charge in [-0.25, -0.2) is 4.98 Å². The Hall–Kier alpha value is -3.72. The van der Waals surface area contributed by atoms with Crippen LogP contribution in [0.2, 0.25) is 0 Å². The number of rotatable bonds is 9. The van der Waals surface area contributed by atoms with E-state index in [1.54, 1.807) is 31.1 Å². The second-order valence-corrected chi connectivity index (χ2v) is 8.33. The third-order valence-corrected chi connectivity index (χ3v) is 5.93. The van der Waals surface area contributed by atoms with Crippen LogP contribution >= 0.6 is 0 Å². The molecule has 34 heavy (non-hydrogen) atoms. The molecule has 0 aliphatic carbocycles. The maximum atomic E-state index is 13.3.